The molecule has 0 bridgehead atoms. The maximum atomic E-state index is 12.6. The largest absolute Gasteiger partial charge is 0.661 e. The molecule has 0 radical (unpaired) electrons. The summed E-state index contributed by atoms with van der Waals surface area (Å²) in [5.41, 5.74) is 0.930. The number of hydrogen-bond acceptors (Lipinski definition) is 0. The zero-order chi connectivity index (χ0) is 8.27. The van der Waals surface area contributed by atoms with Crippen LogP contribution in [0.3, 0.4) is 0 Å². The molecule has 0 aliphatic rings. The first kappa shape index (κ1) is 8.50. The van der Waals surface area contributed by atoms with Crippen LogP contribution in [0.15, 0.2) is 18.2 Å². The van der Waals surface area contributed by atoms with Crippen molar-refractivity contribution in [2.75, 3.05) is 7.05 Å². The highest BCUT2D eigenvalue weighted by molar-refractivity contribution is 6.30. The van der Waals surface area contributed by atoms with Crippen molar-refractivity contribution in [3.05, 3.63) is 39.9 Å². The Morgan fingerprint density at radius 2 is 2.27 bits per heavy atom. The monoisotopic (exact) mass is 172 g/mol. The van der Waals surface area contributed by atoms with Gasteiger partial charge in [-0.2, -0.15) is 7.05 Å². The summed E-state index contributed by atoms with van der Waals surface area (Å²) in [5, 5.41) is 4.05. The van der Waals surface area contributed by atoms with Crippen LogP contribution in [-0.4, -0.2) is 7.05 Å². The van der Waals surface area contributed by atoms with Crippen molar-refractivity contribution in [2.45, 2.75) is 6.54 Å². The molecule has 1 rings (SSSR count). The topological polar surface area (TPSA) is 14.1 Å². The molecule has 0 aliphatic heterocycles. The van der Waals surface area contributed by atoms with E-state index in [9.17, 15) is 4.39 Å². The lowest BCUT2D eigenvalue weighted by Gasteiger charge is -2.10. The first-order chi connectivity index (χ1) is 5.24. The first-order valence-electron chi connectivity index (χ1n) is 3.23. The molecule has 0 heterocycles. The van der Waals surface area contributed by atoms with E-state index in [1.165, 1.54) is 6.07 Å². The van der Waals surface area contributed by atoms with Crippen LogP contribution in [0.1, 0.15) is 5.56 Å². The van der Waals surface area contributed by atoms with E-state index in [1.807, 2.05) is 0 Å². The van der Waals surface area contributed by atoms with Gasteiger partial charge in [0.1, 0.15) is 5.82 Å². The van der Waals surface area contributed by atoms with E-state index >= 15 is 0 Å². The Kier molecular flexibility index (Phi) is 2.85. The SMILES string of the molecule is C[N-]Cc1ccc(F)c(Cl)c1. The van der Waals surface area contributed by atoms with Gasteiger partial charge in [-0.05, 0) is 12.1 Å². The second-order valence-corrected chi connectivity index (χ2v) is 2.63. The molecule has 0 N–H and O–H groups in total. The van der Waals surface area contributed by atoms with Gasteiger partial charge < -0.3 is 5.32 Å². The normalized spacial score (nSPS) is 10.1. The third-order valence-corrected chi connectivity index (χ3v) is 1.61. The second-order valence-electron chi connectivity index (χ2n) is 2.22. The van der Waals surface area contributed by atoms with Crippen molar-refractivity contribution in [1.29, 1.82) is 0 Å². The van der Waals surface area contributed by atoms with Crippen LogP contribution in [0.2, 0.25) is 5.02 Å². The van der Waals surface area contributed by atoms with Gasteiger partial charge in [-0.25, -0.2) is 4.39 Å². The van der Waals surface area contributed by atoms with Crippen LogP contribution < -0.4 is 0 Å². The van der Waals surface area contributed by atoms with Gasteiger partial charge in [0, 0.05) is 0 Å². The lowest BCUT2D eigenvalue weighted by Crippen LogP contribution is -1.84. The molecular weight excluding hydrogens is 165 g/mol. The van der Waals surface area contributed by atoms with Crippen LogP contribution in [0.5, 0.6) is 0 Å². The molecule has 11 heavy (non-hydrogen) atoms. The molecule has 60 valence electrons. The van der Waals surface area contributed by atoms with Gasteiger partial charge in [-0.15, -0.1) is 6.54 Å². The predicted octanol–water partition coefficient (Wildman–Crippen LogP) is 2.98. The number of halogens is 2. The smallest absolute Gasteiger partial charge is 0.141 e. The third kappa shape index (κ3) is 2.17. The molecule has 3 heteroatoms. The molecule has 1 aromatic rings. The molecule has 0 aliphatic carbocycles. The van der Waals surface area contributed by atoms with Crippen LogP contribution in [0, 0.1) is 5.82 Å². The van der Waals surface area contributed by atoms with Crippen molar-refractivity contribution in [3.63, 3.8) is 0 Å². The zero-order valence-electron chi connectivity index (χ0n) is 6.14. The number of rotatable bonds is 2. The molecule has 1 aromatic carbocycles. The highest BCUT2D eigenvalue weighted by Gasteiger charge is 1.96. The zero-order valence-corrected chi connectivity index (χ0v) is 6.90. The maximum Gasteiger partial charge on any atom is 0.141 e. The summed E-state index contributed by atoms with van der Waals surface area (Å²) in [6.45, 7) is 0.583. The van der Waals surface area contributed by atoms with E-state index in [1.54, 1.807) is 19.2 Å². The van der Waals surface area contributed by atoms with Gasteiger partial charge in [0.05, 0.1) is 5.02 Å². The van der Waals surface area contributed by atoms with E-state index in [4.69, 9.17) is 11.6 Å². The van der Waals surface area contributed by atoms with Gasteiger partial charge >= 0.3 is 0 Å². The fourth-order valence-electron chi connectivity index (χ4n) is 0.821. The van der Waals surface area contributed by atoms with E-state index < -0.39 is 0 Å². The van der Waals surface area contributed by atoms with Crippen molar-refractivity contribution in [1.82, 2.24) is 0 Å². The molecule has 0 aromatic heterocycles. The Morgan fingerprint density at radius 3 is 2.82 bits per heavy atom. The fourth-order valence-corrected chi connectivity index (χ4v) is 1.02. The highest BCUT2D eigenvalue weighted by Crippen LogP contribution is 2.16. The summed E-state index contributed by atoms with van der Waals surface area (Å²) < 4.78 is 12.6. The summed E-state index contributed by atoms with van der Waals surface area (Å²) in [6.07, 6.45) is 0. The second kappa shape index (κ2) is 3.69. The van der Waals surface area contributed by atoms with Crippen LogP contribution in [-0.2, 0) is 6.54 Å². The summed E-state index contributed by atoms with van der Waals surface area (Å²) >= 11 is 5.53. The lowest BCUT2D eigenvalue weighted by atomic mass is 10.2. The summed E-state index contributed by atoms with van der Waals surface area (Å²) in [5.74, 6) is -0.383. The van der Waals surface area contributed by atoms with Crippen molar-refractivity contribution < 1.29 is 4.39 Å². The quantitative estimate of drug-likeness (QED) is 0.651. The minimum absolute atomic E-state index is 0.158. The Labute approximate surface area is 70.2 Å². The van der Waals surface area contributed by atoms with Crippen LogP contribution in [0.25, 0.3) is 5.32 Å². The number of nitrogens with zero attached hydrogens (tertiary/aromatic N) is 1. The van der Waals surface area contributed by atoms with Crippen molar-refractivity contribution >= 4 is 11.6 Å². The molecular formula is C8H8ClFN-. The molecule has 0 spiro atoms. The first-order valence-corrected chi connectivity index (χ1v) is 3.61. The Bertz CT molecular complexity index is 250. The minimum atomic E-state index is -0.383. The molecule has 0 saturated heterocycles. The van der Waals surface area contributed by atoms with Crippen molar-refractivity contribution in [3.8, 4) is 0 Å². The summed E-state index contributed by atoms with van der Waals surface area (Å²) in [6, 6.07) is 4.61. The fraction of sp³-hybridized carbons (Fsp3) is 0.250. The average Bonchev–Trinajstić information content (AvgIpc) is 1.98. The predicted molar refractivity (Wildman–Crippen MR) is 44.4 cm³/mol. The van der Waals surface area contributed by atoms with E-state index in [0.717, 1.165) is 5.56 Å². The maximum absolute atomic E-state index is 12.6. The molecule has 0 saturated carbocycles. The number of hydrogen-bond donors (Lipinski definition) is 0. The van der Waals surface area contributed by atoms with Gasteiger partial charge in [-0.1, -0.05) is 23.2 Å². The molecule has 1 nitrogen and oxygen atoms in total. The average molecular weight is 173 g/mol. The Morgan fingerprint density at radius 1 is 1.55 bits per heavy atom. The molecule has 0 unspecified atom stereocenters. The van der Waals surface area contributed by atoms with Gasteiger partial charge in [0.2, 0.25) is 0 Å². The van der Waals surface area contributed by atoms with Crippen molar-refractivity contribution in [2.24, 2.45) is 0 Å². The van der Waals surface area contributed by atoms with Crippen LogP contribution >= 0.6 is 11.6 Å². The molecule has 0 atom stereocenters. The lowest BCUT2D eigenvalue weighted by molar-refractivity contribution is 0.627. The Hall–Kier alpha value is -0.600. The summed E-state index contributed by atoms with van der Waals surface area (Å²) in [4.78, 5) is 0. The molecule has 0 fully saturated rings. The Balaban J connectivity index is 2.86. The minimum Gasteiger partial charge on any atom is -0.661 e. The van der Waals surface area contributed by atoms with Gasteiger partial charge in [-0.3, -0.25) is 0 Å². The summed E-state index contributed by atoms with van der Waals surface area (Å²) in [7, 11) is 1.71. The number of benzene rings is 1. The molecule has 0 amide bonds. The van der Waals surface area contributed by atoms with Crippen LogP contribution in [0.4, 0.5) is 4.39 Å². The van der Waals surface area contributed by atoms with Gasteiger partial charge in [0.15, 0.2) is 0 Å². The highest BCUT2D eigenvalue weighted by atomic mass is 35.5. The van der Waals surface area contributed by atoms with Gasteiger partial charge in [0.25, 0.3) is 0 Å². The van der Waals surface area contributed by atoms with E-state index in [0.29, 0.717) is 6.54 Å². The standard InChI is InChI=1S/C8H8ClFN/c1-11-5-6-2-3-8(10)7(9)4-6/h2-4H,5H2,1H3/q-1. The third-order valence-electron chi connectivity index (χ3n) is 1.32. The van der Waals surface area contributed by atoms with E-state index in [-0.39, 0.29) is 10.8 Å². The van der Waals surface area contributed by atoms with E-state index in [2.05, 4.69) is 5.32 Å².